The molecule has 0 radical (unpaired) electrons. The lowest BCUT2D eigenvalue weighted by Gasteiger charge is -2.07. The first-order valence-corrected chi connectivity index (χ1v) is 10.8. The normalized spacial score (nSPS) is 17.0. The van der Waals surface area contributed by atoms with E-state index >= 15 is 0 Å². The Morgan fingerprint density at radius 2 is 1.92 bits per heavy atom. The fourth-order valence-electron chi connectivity index (χ4n) is 2.34. The van der Waals surface area contributed by atoms with E-state index < -0.39 is 0 Å². The summed E-state index contributed by atoms with van der Waals surface area (Å²) >= 11 is 11.8. The molecule has 1 heterocycles. The number of aliphatic imine (C=N–C) groups is 1. The van der Waals surface area contributed by atoms with Gasteiger partial charge in [-0.15, -0.1) is 0 Å². The molecule has 1 N–H and O–H groups in total. The van der Waals surface area contributed by atoms with Gasteiger partial charge in [-0.25, -0.2) is 4.99 Å². The fraction of sp³-hybridized carbons (Fsp3) is 0.111. The van der Waals surface area contributed by atoms with Crippen LogP contribution < -0.4 is 10.1 Å². The number of halogens is 3. The predicted molar refractivity (Wildman–Crippen MR) is 125 cm³/mol. The van der Waals surface area contributed by atoms with Gasteiger partial charge >= 0.3 is 0 Å². The van der Waals surface area contributed by atoms with Gasteiger partial charge in [-0.05, 0) is 111 Å². The third kappa shape index (κ3) is 4.55. The maximum Gasteiger partial charge on any atom is 0.264 e. The van der Waals surface area contributed by atoms with Crippen molar-refractivity contribution in [3.63, 3.8) is 0 Å². The summed E-state index contributed by atoms with van der Waals surface area (Å²) in [6.45, 7) is 1.94. The predicted octanol–water partition coefficient (Wildman–Crippen LogP) is 5.76. The van der Waals surface area contributed by atoms with E-state index in [0.29, 0.717) is 15.1 Å². The van der Waals surface area contributed by atoms with E-state index in [2.05, 4.69) is 55.5 Å². The van der Waals surface area contributed by atoms with Crippen molar-refractivity contribution < 1.29 is 9.53 Å². The molecule has 0 saturated carbocycles. The number of ether oxygens (including phenoxy) is 1. The van der Waals surface area contributed by atoms with Gasteiger partial charge in [0.25, 0.3) is 5.91 Å². The number of nitrogens with zero attached hydrogens (tertiary/aromatic N) is 1. The molecular weight excluding hydrogens is 598 g/mol. The molecule has 2 aromatic carbocycles. The Hall–Kier alpha value is -0.780. The topological polar surface area (TPSA) is 50.7 Å². The first-order chi connectivity index (χ1) is 12.4. The van der Waals surface area contributed by atoms with E-state index in [4.69, 9.17) is 16.3 Å². The molecule has 2 aromatic rings. The summed E-state index contributed by atoms with van der Waals surface area (Å²) in [6.07, 6.45) is 1.86. The molecule has 0 aromatic heterocycles. The average Bonchev–Trinajstić information content (AvgIpc) is 2.89. The van der Waals surface area contributed by atoms with Gasteiger partial charge in [0, 0.05) is 5.02 Å². The Kier molecular flexibility index (Phi) is 6.52. The lowest BCUT2D eigenvalue weighted by Crippen LogP contribution is -2.19. The van der Waals surface area contributed by atoms with Crippen LogP contribution in [0, 0.1) is 14.1 Å². The monoisotopic (exact) mass is 610 g/mol. The van der Waals surface area contributed by atoms with Crippen LogP contribution in [0.4, 0.5) is 5.69 Å². The largest absolute Gasteiger partial charge is 0.495 e. The summed E-state index contributed by atoms with van der Waals surface area (Å²) < 4.78 is 7.37. The van der Waals surface area contributed by atoms with E-state index in [0.717, 1.165) is 29.7 Å². The lowest BCUT2D eigenvalue weighted by molar-refractivity contribution is -0.115. The van der Waals surface area contributed by atoms with Crippen molar-refractivity contribution in [2.24, 2.45) is 4.99 Å². The molecule has 0 unspecified atom stereocenters. The van der Waals surface area contributed by atoms with Crippen LogP contribution in [-0.4, -0.2) is 18.2 Å². The van der Waals surface area contributed by atoms with Crippen molar-refractivity contribution in [1.29, 1.82) is 0 Å². The standard InChI is InChI=1S/C18H13ClI2N2O2S/c1-9-5-11(19)3-4-14(9)22-18-23-17(24)15(26-18)8-10-6-12(20)16(25-2)13(21)7-10/h3-8H,1-2H3,(H,22,23,24)/b15-8-. The van der Waals surface area contributed by atoms with Crippen molar-refractivity contribution in [2.45, 2.75) is 6.92 Å². The minimum atomic E-state index is -0.152. The van der Waals surface area contributed by atoms with Crippen LogP contribution in [0.1, 0.15) is 11.1 Å². The molecule has 0 aliphatic carbocycles. The summed E-state index contributed by atoms with van der Waals surface area (Å²) in [5.41, 5.74) is 2.68. The van der Waals surface area contributed by atoms with Gasteiger partial charge in [0.05, 0.1) is 24.8 Å². The SMILES string of the molecule is COc1c(I)cc(/C=C2\SC(=Nc3ccc(Cl)cc3C)NC2=O)cc1I. The summed E-state index contributed by atoms with van der Waals surface area (Å²) in [7, 11) is 1.65. The zero-order valence-corrected chi connectivity index (χ0v) is 19.7. The van der Waals surface area contributed by atoms with E-state index in [1.54, 1.807) is 13.2 Å². The number of methoxy groups -OCH3 is 1. The minimum Gasteiger partial charge on any atom is -0.495 e. The minimum absolute atomic E-state index is 0.152. The molecule has 1 aliphatic heterocycles. The Morgan fingerprint density at radius 3 is 2.54 bits per heavy atom. The number of carbonyl (C=O) groups excluding carboxylic acids is 1. The van der Waals surface area contributed by atoms with Crippen LogP contribution in [-0.2, 0) is 4.79 Å². The van der Waals surface area contributed by atoms with Gasteiger partial charge in [0.15, 0.2) is 5.17 Å². The maximum absolute atomic E-state index is 12.3. The molecule has 4 nitrogen and oxygen atoms in total. The zero-order chi connectivity index (χ0) is 18.8. The van der Waals surface area contributed by atoms with Gasteiger partial charge in [0.2, 0.25) is 0 Å². The smallest absolute Gasteiger partial charge is 0.264 e. The number of amides is 1. The molecule has 1 fully saturated rings. The fourth-order valence-corrected chi connectivity index (χ4v) is 5.66. The summed E-state index contributed by atoms with van der Waals surface area (Å²) in [5, 5.41) is 4.04. The van der Waals surface area contributed by atoms with Crippen LogP contribution in [0.2, 0.25) is 5.02 Å². The maximum atomic E-state index is 12.3. The highest BCUT2D eigenvalue weighted by molar-refractivity contribution is 14.1. The number of nitrogens with one attached hydrogen (secondary N) is 1. The van der Waals surface area contributed by atoms with Gasteiger partial charge in [-0.2, -0.15) is 0 Å². The second-order valence-electron chi connectivity index (χ2n) is 5.43. The number of rotatable bonds is 3. The van der Waals surface area contributed by atoms with Gasteiger partial charge in [0.1, 0.15) is 5.75 Å². The van der Waals surface area contributed by atoms with Crippen LogP contribution in [0.3, 0.4) is 0 Å². The van der Waals surface area contributed by atoms with Crippen molar-refractivity contribution >= 4 is 91.4 Å². The number of benzene rings is 2. The molecule has 1 aliphatic rings. The number of carbonyl (C=O) groups is 1. The van der Waals surface area contributed by atoms with Crippen molar-refractivity contribution in [3.8, 4) is 5.75 Å². The molecule has 0 atom stereocenters. The number of thioether (sulfide) groups is 1. The van der Waals surface area contributed by atoms with Crippen LogP contribution in [0.15, 0.2) is 40.2 Å². The molecule has 0 spiro atoms. The highest BCUT2D eigenvalue weighted by atomic mass is 127. The molecular formula is C18H13ClI2N2O2S. The summed E-state index contributed by atoms with van der Waals surface area (Å²) in [4.78, 5) is 17.4. The van der Waals surface area contributed by atoms with E-state index in [1.165, 1.54) is 11.8 Å². The molecule has 26 heavy (non-hydrogen) atoms. The molecule has 134 valence electrons. The number of aryl methyl sites for hydroxylation is 1. The molecule has 1 saturated heterocycles. The highest BCUT2D eigenvalue weighted by Gasteiger charge is 2.24. The van der Waals surface area contributed by atoms with Crippen LogP contribution >= 0.6 is 68.5 Å². The molecule has 1 amide bonds. The van der Waals surface area contributed by atoms with E-state index in [1.807, 2.05) is 37.3 Å². The second kappa shape index (κ2) is 8.49. The average molecular weight is 611 g/mol. The molecule has 0 bridgehead atoms. The van der Waals surface area contributed by atoms with Crippen molar-refractivity contribution in [1.82, 2.24) is 5.32 Å². The first-order valence-electron chi connectivity index (χ1n) is 7.46. The van der Waals surface area contributed by atoms with Crippen molar-refractivity contribution in [2.75, 3.05) is 7.11 Å². The third-order valence-corrected chi connectivity index (χ3v) is 6.30. The second-order valence-corrected chi connectivity index (χ2v) is 9.22. The molecule has 8 heteroatoms. The van der Waals surface area contributed by atoms with Gasteiger partial charge < -0.3 is 10.1 Å². The Labute approximate surface area is 188 Å². The van der Waals surface area contributed by atoms with E-state index in [-0.39, 0.29) is 5.91 Å². The molecule has 3 rings (SSSR count). The van der Waals surface area contributed by atoms with Crippen LogP contribution in [0.5, 0.6) is 5.75 Å². The number of amidine groups is 1. The van der Waals surface area contributed by atoms with Crippen LogP contribution in [0.25, 0.3) is 6.08 Å². The third-order valence-electron chi connectivity index (χ3n) is 3.55. The van der Waals surface area contributed by atoms with Gasteiger partial charge in [-0.1, -0.05) is 11.6 Å². The lowest BCUT2D eigenvalue weighted by atomic mass is 10.2. The number of hydrogen-bond donors (Lipinski definition) is 1. The Balaban J connectivity index is 1.88. The van der Waals surface area contributed by atoms with Crippen molar-refractivity contribution in [3.05, 3.63) is 58.5 Å². The highest BCUT2D eigenvalue weighted by Crippen LogP contribution is 2.33. The van der Waals surface area contributed by atoms with Gasteiger partial charge in [-0.3, -0.25) is 4.79 Å². The Bertz CT molecular complexity index is 937. The first kappa shape index (κ1) is 20.0. The summed E-state index contributed by atoms with van der Waals surface area (Å²) in [6, 6.07) is 9.45. The number of hydrogen-bond acceptors (Lipinski definition) is 4. The quantitative estimate of drug-likeness (QED) is 0.356. The Morgan fingerprint density at radius 1 is 1.23 bits per heavy atom. The summed E-state index contributed by atoms with van der Waals surface area (Å²) in [5.74, 6) is 0.693. The van der Waals surface area contributed by atoms with E-state index in [9.17, 15) is 4.79 Å². The zero-order valence-electron chi connectivity index (χ0n) is 13.8.